The van der Waals surface area contributed by atoms with Gasteiger partial charge in [-0.3, -0.25) is 4.79 Å². The Labute approximate surface area is 188 Å². The fourth-order valence-electron chi connectivity index (χ4n) is 4.35. The van der Waals surface area contributed by atoms with E-state index >= 15 is 0 Å². The Kier molecular flexibility index (Phi) is 24.2. The fraction of sp³-hybridized carbons (Fsp3) is 0.963. The summed E-state index contributed by atoms with van der Waals surface area (Å²) in [5.41, 5.74) is 0. The van der Waals surface area contributed by atoms with E-state index in [2.05, 4.69) is 6.92 Å². The molecule has 30 heavy (non-hydrogen) atoms. The van der Waals surface area contributed by atoms with E-state index in [4.69, 9.17) is 10.2 Å². The number of aliphatic carboxylic acids is 1. The van der Waals surface area contributed by atoms with Crippen LogP contribution in [0.15, 0.2) is 0 Å². The van der Waals surface area contributed by atoms with E-state index in [0.717, 1.165) is 25.2 Å². The molecule has 0 rings (SSSR count). The zero-order valence-electron chi connectivity index (χ0n) is 20.4. The Balaban J connectivity index is 3.10. The highest BCUT2D eigenvalue weighted by Crippen LogP contribution is 2.18. The average molecular weight is 427 g/mol. The van der Waals surface area contributed by atoms with Gasteiger partial charge in [0.15, 0.2) is 0 Å². The van der Waals surface area contributed by atoms with Crippen LogP contribution in [0.1, 0.15) is 155 Å². The minimum Gasteiger partial charge on any atom is -0.481 e. The number of aliphatic hydroxyl groups is 1. The SMILES string of the molecule is CC(CCCCCCCCCCCCCCCCCCCCO)CCCCC(=O)O. The Hall–Kier alpha value is -0.570. The minimum atomic E-state index is -0.657. The standard InChI is InChI=1S/C27H54O3/c1-26(23-19-20-24-27(29)30)22-18-16-14-12-10-8-6-4-2-3-5-7-9-11-13-15-17-21-25-28/h26,28H,2-25H2,1H3,(H,29,30). The smallest absolute Gasteiger partial charge is 0.303 e. The lowest BCUT2D eigenvalue weighted by Crippen LogP contribution is -1.98. The van der Waals surface area contributed by atoms with Gasteiger partial charge in [-0.2, -0.15) is 0 Å². The molecule has 0 bridgehead atoms. The van der Waals surface area contributed by atoms with Crippen molar-refractivity contribution in [1.29, 1.82) is 0 Å². The van der Waals surface area contributed by atoms with E-state index in [9.17, 15) is 4.79 Å². The zero-order valence-corrected chi connectivity index (χ0v) is 20.4. The van der Waals surface area contributed by atoms with Crippen molar-refractivity contribution >= 4 is 5.97 Å². The summed E-state index contributed by atoms with van der Waals surface area (Å²) >= 11 is 0. The van der Waals surface area contributed by atoms with Crippen molar-refractivity contribution in [1.82, 2.24) is 0 Å². The average Bonchev–Trinajstić information content (AvgIpc) is 2.72. The molecule has 1 atom stereocenters. The number of carboxylic acid groups (broad SMARTS) is 1. The van der Waals surface area contributed by atoms with Crippen LogP contribution in [-0.2, 0) is 4.79 Å². The van der Waals surface area contributed by atoms with Crippen LogP contribution in [0.4, 0.5) is 0 Å². The lowest BCUT2D eigenvalue weighted by Gasteiger charge is -2.10. The van der Waals surface area contributed by atoms with Crippen molar-refractivity contribution < 1.29 is 15.0 Å². The van der Waals surface area contributed by atoms with E-state index < -0.39 is 5.97 Å². The lowest BCUT2D eigenvalue weighted by molar-refractivity contribution is -0.137. The van der Waals surface area contributed by atoms with Crippen molar-refractivity contribution in [3.8, 4) is 0 Å². The second-order valence-corrected chi connectivity index (χ2v) is 9.62. The first kappa shape index (κ1) is 29.4. The van der Waals surface area contributed by atoms with Gasteiger partial charge in [0.05, 0.1) is 0 Å². The number of unbranched alkanes of at least 4 members (excludes halogenated alkanes) is 18. The molecule has 180 valence electrons. The molecule has 0 aliphatic heterocycles. The van der Waals surface area contributed by atoms with Crippen LogP contribution in [0.2, 0.25) is 0 Å². The second kappa shape index (κ2) is 24.7. The van der Waals surface area contributed by atoms with Crippen LogP contribution in [0.3, 0.4) is 0 Å². The van der Waals surface area contributed by atoms with Crippen molar-refractivity contribution in [3.05, 3.63) is 0 Å². The molecule has 0 saturated heterocycles. The number of rotatable bonds is 25. The number of carboxylic acids is 1. The van der Waals surface area contributed by atoms with Gasteiger partial charge >= 0.3 is 5.97 Å². The topological polar surface area (TPSA) is 57.5 Å². The molecule has 0 aromatic heterocycles. The summed E-state index contributed by atoms with van der Waals surface area (Å²) in [5, 5.41) is 17.4. The van der Waals surface area contributed by atoms with Gasteiger partial charge in [-0.15, -0.1) is 0 Å². The largest absolute Gasteiger partial charge is 0.481 e. The van der Waals surface area contributed by atoms with Crippen LogP contribution in [-0.4, -0.2) is 22.8 Å². The summed E-state index contributed by atoms with van der Waals surface area (Å²) in [6, 6.07) is 0. The van der Waals surface area contributed by atoms with Crippen LogP contribution >= 0.6 is 0 Å². The highest BCUT2D eigenvalue weighted by Gasteiger charge is 2.03. The van der Waals surface area contributed by atoms with Gasteiger partial charge in [0, 0.05) is 13.0 Å². The number of hydrogen-bond donors (Lipinski definition) is 2. The molecule has 2 N–H and O–H groups in total. The van der Waals surface area contributed by atoms with Crippen molar-refractivity contribution in [3.63, 3.8) is 0 Å². The molecule has 0 aliphatic rings. The van der Waals surface area contributed by atoms with E-state index in [1.54, 1.807) is 0 Å². The third kappa shape index (κ3) is 25.5. The summed E-state index contributed by atoms with van der Waals surface area (Å²) < 4.78 is 0. The molecule has 0 amide bonds. The molecule has 0 heterocycles. The van der Waals surface area contributed by atoms with Crippen LogP contribution in [0.5, 0.6) is 0 Å². The van der Waals surface area contributed by atoms with Crippen molar-refractivity contribution in [2.24, 2.45) is 5.92 Å². The molecular weight excluding hydrogens is 372 g/mol. The molecule has 0 saturated carbocycles. The zero-order chi connectivity index (χ0) is 22.1. The molecule has 0 radical (unpaired) electrons. The molecule has 0 aromatic rings. The number of hydrogen-bond acceptors (Lipinski definition) is 2. The van der Waals surface area contributed by atoms with E-state index in [1.165, 1.54) is 122 Å². The Morgan fingerprint density at radius 2 is 0.833 bits per heavy atom. The predicted molar refractivity (Wildman–Crippen MR) is 130 cm³/mol. The highest BCUT2D eigenvalue weighted by molar-refractivity contribution is 5.66. The van der Waals surface area contributed by atoms with Crippen LogP contribution in [0, 0.1) is 5.92 Å². The Morgan fingerprint density at radius 3 is 1.17 bits per heavy atom. The lowest BCUT2D eigenvalue weighted by atomic mass is 9.96. The first-order chi connectivity index (χ1) is 14.7. The van der Waals surface area contributed by atoms with Gasteiger partial charge in [-0.05, 0) is 18.8 Å². The molecule has 0 aliphatic carbocycles. The third-order valence-corrected chi connectivity index (χ3v) is 6.44. The highest BCUT2D eigenvalue weighted by atomic mass is 16.4. The number of aliphatic hydroxyl groups excluding tert-OH is 1. The molecule has 0 fully saturated rings. The monoisotopic (exact) mass is 426 g/mol. The second-order valence-electron chi connectivity index (χ2n) is 9.62. The number of carbonyl (C=O) groups is 1. The fourth-order valence-corrected chi connectivity index (χ4v) is 4.35. The molecule has 1 unspecified atom stereocenters. The summed E-state index contributed by atoms with van der Waals surface area (Å²) in [4.78, 5) is 10.5. The Morgan fingerprint density at radius 1 is 0.533 bits per heavy atom. The normalized spacial score (nSPS) is 12.3. The van der Waals surface area contributed by atoms with Gasteiger partial charge < -0.3 is 10.2 Å². The quantitative estimate of drug-likeness (QED) is 0.144. The van der Waals surface area contributed by atoms with Gasteiger partial charge in [-0.25, -0.2) is 0 Å². The molecular formula is C27H54O3. The third-order valence-electron chi connectivity index (χ3n) is 6.44. The van der Waals surface area contributed by atoms with Gasteiger partial charge in [-0.1, -0.05) is 135 Å². The maximum Gasteiger partial charge on any atom is 0.303 e. The van der Waals surface area contributed by atoms with Crippen LogP contribution in [0.25, 0.3) is 0 Å². The van der Waals surface area contributed by atoms with Gasteiger partial charge in [0.1, 0.15) is 0 Å². The Bertz CT molecular complexity index is 343. The van der Waals surface area contributed by atoms with E-state index in [1.807, 2.05) is 0 Å². The van der Waals surface area contributed by atoms with Crippen molar-refractivity contribution in [2.45, 2.75) is 155 Å². The van der Waals surface area contributed by atoms with Gasteiger partial charge in [0.2, 0.25) is 0 Å². The first-order valence-corrected chi connectivity index (χ1v) is 13.5. The summed E-state index contributed by atoms with van der Waals surface area (Å²) in [6.07, 6.45) is 29.3. The first-order valence-electron chi connectivity index (χ1n) is 13.5. The maximum atomic E-state index is 10.5. The minimum absolute atomic E-state index is 0.333. The molecule has 0 spiro atoms. The molecule has 0 aromatic carbocycles. The summed E-state index contributed by atoms with van der Waals surface area (Å²) in [5.74, 6) is 0.103. The van der Waals surface area contributed by atoms with Crippen molar-refractivity contribution in [2.75, 3.05) is 6.61 Å². The van der Waals surface area contributed by atoms with E-state index in [-0.39, 0.29) is 0 Å². The van der Waals surface area contributed by atoms with E-state index in [0.29, 0.717) is 13.0 Å². The molecule has 3 nitrogen and oxygen atoms in total. The molecule has 3 heteroatoms. The van der Waals surface area contributed by atoms with Gasteiger partial charge in [0.25, 0.3) is 0 Å². The summed E-state index contributed by atoms with van der Waals surface area (Å²) in [7, 11) is 0. The summed E-state index contributed by atoms with van der Waals surface area (Å²) in [6.45, 7) is 2.68. The maximum absolute atomic E-state index is 10.5. The predicted octanol–water partition coefficient (Wildman–Crippen LogP) is 8.67. The van der Waals surface area contributed by atoms with Crippen LogP contribution < -0.4 is 0 Å².